The van der Waals surface area contributed by atoms with Crippen LogP contribution in [0.5, 0.6) is 0 Å². The van der Waals surface area contributed by atoms with Gasteiger partial charge in [-0.25, -0.2) is 4.79 Å². The molecule has 2 saturated carbocycles. The first-order valence-electron chi connectivity index (χ1n) is 9.79. The van der Waals surface area contributed by atoms with Crippen LogP contribution in [0.15, 0.2) is 24.3 Å². The lowest BCUT2D eigenvalue weighted by molar-refractivity contribution is -0.139. The number of hydrogen-bond donors (Lipinski definition) is 3. The second kappa shape index (κ2) is 8.60. The van der Waals surface area contributed by atoms with Gasteiger partial charge in [-0.2, -0.15) is 0 Å². The van der Waals surface area contributed by atoms with Gasteiger partial charge in [0, 0.05) is 30.2 Å². The van der Waals surface area contributed by atoms with Crippen molar-refractivity contribution >= 4 is 17.9 Å². The van der Waals surface area contributed by atoms with E-state index in [0.717, 1.165) is 31.2 Å². The van der Waals surface area contributed by atoms with Gasteiger partial charge in [0.1, 0.15) is 0 Å². The second-order valence-electron chi connectivity index (χ2n) is 7.65. The molecule has 152 valence electrons. The number of carboxylic acids is 1. The minimum absolute atomic E-state index is 0.0340. The van der Waals surface area contributed by atoms with Crippen molar-refractivity contribution in [2.45, 2.75) is 57.3 Å². The van der Waals surface area contributed by atoms with E-state index in [1.165, 1.54) is 0 Å². The number of amides is 3. The Bertz CT molecular complexity index is 743. The van der Waals surface area contributed by atoms with E-state index < -0.39 is 11.9 Å². The van der Waals surface area contributed by atoms with Gasteiger partial charge in [-0.05, 0) is 49.9 Å². The maximum Gasteiger partial charge on any atom is 0.318 e. The van der Waals surface area contributed by atoms with E-state index in [4.69, 9.17) is 10.8 Å². The van der Waals surface area contributed by atoms with Crippen molar-refractivity contribution in [2.24, 2.45) is 5.73 Å². The molecule has 0 aliphatic heterocycles. The van der Waals surface area contributed by atoms with Gasteiger partial charge < -0.3 is 21.1 Å². The van der Waals surface area contributed by atoms with Crippen molar-refractivity contribution in [1.29, 1.82) is 0 Å². The number of likely N-dealkylation sites (N-methyl/N-ethyl adjacent to an activating group) is 1. The Balaban J connectivity index is 1.54. The summed E-state index contributed by atoms with van der Waals surface area (Å²) < 4.78 is 0. The Morgan fingerprint density at radius 2 is 1.93 bits per heavy atom. The van der Waals surface area contributed by atoms with E-state index >= 15 is 0 Å². The van der Waals surface area contributed by atoms with Crippen LogP contribution in [-0.4, -0.2) is 64.0 Å². The highest BCUT2D eigenvalue weighted by atomic mass is 16.4. The van der Waals surface area contributed by atoms with Gasteiger partial charge in [0.05, 0.1) is 6.54 Å². The van der Waals surface area contributed by atoms with Crippen molar-refractivity contribution in [3.05, 3.63) is 35.4 Å². The van der Waals surface area contributed by atoms with Crippen molar-refractivity contribution in [3.8, 4) is 0 Å². The van der Waals surface area contributed by atoms with Crippen molar-refractivity contribution < 1.29 is 19.5 Å². The number of carboxylic acid groups (broad SMARTS) is 1. The SMILES string of the molecule is CCN(CC(=O)O)C1CC(NC(=O)N(Cc2cccc(C(N)=O)c2)C2CC2)C1. The minimum Gasteiger partial charge on any atom is -0.480 e. The van der Waals surface area contributed by atoms with E-state index in [0.29, 0.717) is 18.7 Å². The fourth-order valence-electron chi connectivity index (χ4n) is 3.71. The Kier molecular flexibility index (Phi) is 6.18. The number of carbonyl (C=O) groups is 3. The van der Waals surface area contributed by atoms with Crippen LogP contribution in [-0.2, 0) is 11.3 Å². The summed E-state index contributed by atoms with van der Waals surface area (Å²) in [5, 5.41) is 12.1. The summed E-state index contributed by atoms with van der Waals surface area (Å²) in [6, 6.07) is 7.46. The largest absolute Gasteiger partial charge is 0.480 e. The van der Waals surface area contributed by atoms with Gasteiger partial charge in [-0.1, -0.05) is 19.1 Å². The first-order valence-corrected chi connectivity index (χ1v) is 9.79. The summed E-state index contributed by atoms with van der Waals surface area (Å²) in [5.41, 5.74) is 6.66. The zero-order valence-corrected chi connectivity index (χ0v) is 16.1. The average molecular weight is 388 g/mol. The van der Waals surface area contributed by atoms with Gasteiger partial charge in [-0.3, -0.25) is 14.5 Å². The number of nitrogens with two attached hydrogens (primary N) is 1. The fourth-order valence-corrected chi connectivity index (χ4v) is 3.71. The normalized spacial score (nSPS) is 21.1. The molecule has 3 rings (SSSR count). The van der Waals surface area contributed by atoms with Crippen LogP contribution < -0.4 is 11.1 Å². The standard InChI is InChI=1S/C20H28N4O4/c1-2-23(12-18(25)26)17-9-15(10-17)22-20(28)24(16-6-7-16)11-13-4-3-5-14(8-13)19(21)27/h3-5,8,15-17H,2,6-7,9-12H2,1H3,(H2,21,27)(H,22,28)(H,25,26). The third-order valence-electron chi connectivity index (χ3n) is 5.51. The topological polar surface area (TPSA) is 116 Å². The fraction of sp³-hybridized carbons (Fsp3) is 0.550. The van der Waals surface area contributed by atoms with E-state index in [1.54, 1.807) is 18.2 Å². The Labute approximate surface area is 164 Å². The highest BCUT2D eigenvalue weighted by molar-refractivity contribution is 5.92. The number of urea groups is 1. The molecule has 2 fully saturated rings. The third kappa shape index (κ3) is 5.01. The van der Waals surface area contributed by atoms with E-state index in [2.05, 4.69) is 5.32 Å². The van der Waals surface area contributed by atoms with Crippen molar-refractivity contribution in [3.63, 3.8) is 0 Å². The Morgan fingerprint density at radius 1 is 1.21 bits per heavy atom. The highest BCUT2D eigenvalue weighted by Crippen LogP contribution is 2.30. The summed E-state index contributed by atoms with van der Waals surface area (Å²) in [6.07, 6.45) is 3.50. The first kappa shape index (κ1) is 20.1. The Hall–Kier alpha value is -2.61. The molecule has 3 amide bonds. The molecule has 0 atom stereocenters. The maximum atomic E-state index is 12.8. The monoisotopic (exact) mass is 388 g/mol. The molecule has 0 aromatic heterocycles. The maximum absolute atomic E-state index is 12.8. The lowest BCUT2D eigenvalue weighted by atomic mass is 9.85. The van der Waals surface area contributed by atoms with Crippen LogP contribution in [0.3, 0.4) is 0 Å². The van der Waals surface area contributed by atoms with Crippen LogP contribution in [0.2, 0.25) is 0 Å². The quantitative estimate of drug-likeness (QED) is 0.591. The molecule has 28 heavy (non-hydrogen) atoms. The molecule has 1 aromatic carbocycles. The predicted molar refractivity (Wildman–Crippen MR) is 104 cm³/mol. The molecular weight excluding hydrogens is 360 g/mol. The molecule has 0 spiro atoms. The second-order valence-corrected chi connectivity index (χ2v) is 7.65. The molecule has 8 nitrogen and oxygen atoms in total. The molecule has 0 saturated heterocycles. The zero-order valence-electron chi connectivity index (χ0n) is 16.1. The highest BCUT2D eigenvalue weighted by Gasteiger charge is 2.38. The number of primary amides is 1. The summed E-state index contributed by atoms with van der Waals surface area (Å²) in [5.74, 6) is -1.31. The zero-order chi connectivity index (χ0) is 20.3. The number of carbonyl (C=O) groups excluding carboxylic acids is 2. The minimum atomic E-state index is -0.826. The van der Waals surface area contributed by atoms with Crippen LogP contribution in [0.4, 0.5) is 4.79 Å². The number of aliphatic carboxylic acids is 1. The molecule has 1 aromatic rings. The first-order chi connectivity index (χ1) is 13.4. The molecule has 2 aliphatic carbocycles. The predicted octanol–water partition coefficient (Wildman–Crippen LogP) is 1.40. The van der Waals surface area contributed by atoms with Crippen molar-refractivity contribution in [1.82, 2.24) is 15.1 Å². The Morgan fingerprint density at radius 3 is 2.50 bits per heavy atom. The smallest absolute Gasteiger partial charge is 0.318 e. The summed E-state index contributed by atoms with van der Waals surface area (Å²) in [4.78, 5) is 38.9. The summed E-state index contributed by atoms with van der Waals surface area (Å²) in [7, 11) is 0. The molecule has 2 aliphatic rings. The molecule has 4 N–H and O–H groups in total. The number of hydrogen-bond acceptors (Lipinski definition) is 4. The number of rotatable bonds is 9. The van der Waals surface area contributed by atoms with E-state index in [9.17, 15) is 14.4 Å². The van der Waals surface area contributed by atoms with Crippen LogP contribution in [0, 0.1) is 0 Å². The van der Waals surface area contributed by atoms with E-state index in [1.807, 2.05) is 22.8 Å². The number of nitrogens with one attached hydrogen (secondary N) is 1. The summed E-state index contributed by atoms with van der Waals surface area (Å²) >= 11 is 0. The number of nitrogens with zero attached hydrogens (tertiary/aromatic N) is 2. The molecule has 0 heterocycles. The molecule has 0 bridgehead atoms. The van der Waals surface area contributed by atoms with Gasteiger partial charge >= 0.3 is 12.0 Å². The molecule has 0 radical (unpaired) electrons. The van der Waals surface area contributed by atoms with Gasteiger partial charge in [0.2, 0.25) is 5.91 Å². The third-order valence-corrected chi connectivity index (χ3v) is 5.51. The van der Waals surface area contributed by atoms with Crippen molar-refractivity contribution in [2.75, 3.05) is 13.1 Å². The number of benzene rings is 1. The lowest BCUT2D eigenvalue weighted by Gasteiger charge is -2.42. The molecular formula is C20H28N4O4. The van der Waals surface area contributed by atoms with Crippen LogP contribution >= 0.6 is 0 Å². The molecule has 8 heteroatoms. The van der Waals surface area contributed by atoms with Crippen LogP contribution in [0.25, 0.3) is 0 Å². The summed E-state index contributed by atoms with van der Waals surface area (Å²) in [6.45, 7) is 3.10. The average Bonchev–Trinajstić information content (AvgIpc) is 3.45. The van der Waals surface area contributed by atoms with Gasteiger partial charge in [-0.15, -0.1) is 0 Å². The van der Waals surface area contributed by atoms with Crippen LogP contribution in [0.1, 0.15) is 48.5 Å². The van der Waals surface area contributed by atoms with E-state index in [-0.39, 0.29) is 30.7 Å². The van der Waals surface area contributed by atoms with Gasteiger partial charge in [0.25, 0.3) is 0 Å². The molecule has 0 unspecified atom stereocenters. The van der Waals surface area contributed by atoms with Gasteiger partial charge in [0.15, 0.2) is 0 Å². The lowest BCUT2D eigenvalue weighted by Crippen LogP contribution is -2.57.